The van der Waals surface area contributed by atoms with Crippen LogP contribution < -0.4 is 0 Å². The Bertz CT molecular complexity index is 349. The van der Waals surface area contributed by atoms with Gasteiger partial charge >= 0.3 is 0 Å². The monoisotopic (exact) mass is 279 g/mol. The molecule has 1 aliphatic heterocycles. The molecule has 0 aromatic heterocycles. The van der Waals surface area contributed by atoms with Crippen molar-refractivity contribution in [3.05, 3.63) is 0 Å². The summed E-state index contributed by atoms with van der Waals surface area (Å²) in [5, 5.41) is 10.8. The molecule has 0 aromatic carbocycles. The second-order valence-electron chi connectivity index (χ2n) is 7.28. The third-order valence-corrected chi connectivity index (χ3v) is 5.76. The Morgan fingerprint density at radius 2 is 1.85 bits per heavy atom. The number of β-amino-alcohol motifs (C(OH)–C–C–N with tert-alkyl or cyclic N) is 1. The van der Waals surface area contributed by atoms with E-state index in [1.54, 1.807) is 0 Å². The van der Waals surface area contributed by atoms with Gasteiger partial charge in [0.05, 0.1) is 5.60 Å². The maximum atomic E-state index is 12.1. The molecule has 3 heteroatoms. The SMILES string of the molecule is O=C1CCCC1C1CCCCN1CC1(O)CCCCC1. The van der Waals surface area contributed by atoms with E-state index in [0.717, 1.165) is 64.5 Å². The minimum Gasteiger partial charge on any atom is -0.389 e. The van der Waals surface area contributed by atoms with Crippen LogP contribution >= 0.6 is 0 Å². The van der Waals surface area contributed by atoms with Gasteiger partial charge in [0.15, 0.2) is 0 Å². The van der Waals surface area contributed by atoms with Gasteiger partial charge in [-0.25, -0.2) is 0 Å². The van der Waals surface area contributed by atoms with E-state index in [1.165, 1.54) is 19.3 Å². The van der Waals surface area contributed by atoms with Gasteiger partial charge in [-0.05, 0) is 45.1 Å². The van der Waals surface area contributed by atoms with Crippen LogP contribution in [0.4, 0.5) is 0 Å². The first-order valence-electron chi connectivity index (χ1n) is 8.67. The smallest absolute Gasteiger partial charge is 0.137 e. The molecule has 3 aliphatic rings. The average Bonchev–Trinajstić information content (AvgIpc) is 2.86. The molecule has 0 bridgehead atoms. The first-order valence-corrected chi connectivity index (χ1v) is 8.67. The predicted octanol–water partition coefficient (Wildman–Crippen LogP) is 2.91. The highest BCUT2D eigenvalue weighted by atomic mass is 16.3. The number of ketones is 1. The predicted molar refractivity (Wildman–Crippen MR) is 79.6 cm³/mol. The molecular weight excluding hydrogens is 250 g/mol. The lowest BCUT2D eigenvalue weighted by Gasteiger charge is -2.44. The van der Waals surface area contributed by atoms with E-state index in [1.807, 2.05) is 0 Å². The summed E-state index contributed by atoms with van der Waals surface area (Å²) >= 11 is 0. The quantitative estimate of drug-likeness (QED) is 0.863. The van der Waals surface area contributed by atoms with Crippen molar-refractivity contribution in [2.75, 3.05) is 13.1 Å². The van der Waals surface area contributed by atoms with Crippen LogP contribution in [0.15, 0.2) is 0 Å². The molecule has 0 spiro atoms. The van der Waals surface area contributed by atoms with E-state index in [2.05, 4.69) is 4.90 Å². The van der Waals surface area contributed by atoms with Gasteiger partial charge in [0.25, 0.3) is 0 Å². The van der Waals surface area contributed by atoms with Gasteiger partial charge in [-0.3, -0.25) is 9.69 Å². The van der Waals surface area contributed by atoms with Crippen molar-refractivity contribution in [3.8, 4) is 0 Å². The van der Waals surface area contributed by atoms with Gasteiger partial charge in [-0.15, -0.1) is 0 Å². The van der Waals surface area contributed by atoms with E-state index in [9.17, 15) is 9.90 Å². The summed E-state index contributed by atoms with van der Waals surface area (Å²) in [5.74, 6) is 0.750. The van der Waals surface area contributed by atoms with Crippen molar-refractivity contribution in [2.24, 2.45) is 5.92 Å². The van der Waals surface area contributed by atoms with E-state index in [0.29, 0.717) is 11.8 Å². The Balaban J connectivity index is 1.67. The largest absolute Gasteiger partial charge is 0.389 e. The molecule has 3 nitrogen and oxygen atoms in total. The van der Waals surface area contributed by atoms with Crippen molar-refractivity contribution in [3.63, 3.8) is 0 Å². The Labute approximate surface area is 122 Å². The topological polar surface area (TPSA) is 40.5 Å². The summed E-state index contributed by atoms with van der Waals surface area (Å²) in [4.78, 5) is 14.6. The van der Waals surface area contributed by atoms with Crippen molar-refractivity contribution in [1.82, 2.24) is 4.90 Å². The number of aliphatic hydroxyl groups is 1. The zero-order valence-corrected chi connectivity index (χ0v) is 12.6. The Kier molecular flexibility index (Phi) is 4.46. The number of piperidine rings is 1. The highest BCUT2D eigenvalue weighted by Gasteiger charge is 2.40. The van der Waals surface area contributed by atoms with Crippen molar-refractivity contribution in [1.29, 1.82) is 0 Å². The average molecular weight is 279 g/mol. The first-order chi connectivity index (χ1) is 9.68. The molecule has 114 valence electrons. The Morgan fingerprint density at radius 3 is 2.55 bits per heavy atom. The molecule has 2 aliphatic carbocycles. The molecule has 1 N–H and O–H groups in total. The Hall–Kier alpha value is -0.410. The molecule has 0 amide bonds. The Morgan fingerprint density at radius 1 is 1.05 bits per heavy atom. The summed E-state index contributed by atoms with van der Waals surface area (Å²) < 4.78 is 0. The molecular formula is C17H29NO2. The lowest BCUT2D eigenvalue weighted by atomic mass is 9.82. The van der Waals surface area contributed by atoms with E-state index in [-0.39, 0.29) is 5.92 Å². The van der Waals surface area contributed by atoms with Crippen LogP contribution in [0.3, 0.4) is 0 Å². The van der Waals surface area contributed by atoms with Crippen LogP contribution in [-0.4, -0.2) is 40.5 Å². The van der Waals surface area contributed by atoms with E-state index in [4.69, 9.17) is 0 Å². The van der Waals surface area contributed by atoms with Gasteiger partial charge in [0, 0.05) is 24.9 Å². The fourth-order valence-electron chi connectivity index (χ4n) is 4.66. The van der Waals surface area contributed by atoms with Crippen LogP contribution in [0.25, 0.3) is 0 Å². The number of hydrogen-bond donors (Lipinski definition) is 1. The van der Waals surface area contributed by atoms with Crippen molar-refractivity contribution in [2.45, 2.75) is 82.3 Å². The normalized spacial score (nSPS) is 35.4. The van der Waals surface area contributed by atoms with Gasteiger partial charge in [0.1, 0.15) is 5.78 Å². The van der Waals surface area contributed by atoms with Crippen molar-refractivity contribution < 1.29 is 9.90 Å². The fourth-order valence-corrected chi connectivity index (χ4v) is 4.66. The summed E-state index contributed by atoms with van der Waals surface area (Å²) in [6.07, 6.45) is 12.1. The molecule has 0 aromatic rings. The van der Waals surface area contributed by atoms with Gasteiger partial charge in [0.2, 0.25) is 0 Å². The number of likely N-dealkylation sites (tertiary alicyclic amines) is 1. The van der Waals surface area contributed by atoms with E-state index >= 15 is 0 Å². The zero-order valence-electron chi connectivity index (χ0n) is 12.6. The number of carbonyl (C=O) groups excluding carboxylic acids is 1. The molecule has 3 fully saturated rings. The van der Waals surface area contributed by atoms with E-state index < -0.39 is 5.60 Å². The molecule has 20 heavy (non-hydrogen) atoms. The number of rotatable bonds is 3. The molecule has 2 unspecified atom stereocenters. The molecule has 0 radical (unpaired) electrons. The summed E-state index contributed by atoms with van der Waals surface area (Å²) in [6.45, 7) is 1.89. The van der Waals surface area contributed by atoms with Crippen LogP contribution in [0.1, 0.15) is 70.6 Å². The van der Waals surface area contributed by atoms with Crippen molar-refractivity contribution >= 4 is 5.78 Å². The number of Topliss-reactive ketones (excluding diaryl/α,β-unsaturated/α-hetero) is 1. The van der Waals surface area contributed by atoms with Crippen LogP contribution in [-0.2, 0) is 4.79 Å². The molecule has 1 saturated heterocycles. The second kappa shape index (κ2) is 6.15. The third-order valence-electron chi connectivity index (χ3n) is 5.76. The van der Waals surface area contributed by atoms with Crippen LogP contribution in [0.2, 0.25) is 0 Å². The minimum absolute atomic E-state index is 0.266. The molecule has 3 rings (SSSR count). The molecule has 2 saturated carbocycles. The second-order valence-corrected chi connectivity index (χ2v) is 7.28. The minimum atomic E-state index is -0.477. The number of carbonyl (C=O) groups is 1. The highest BCUT2D eigenvalue weighted by molar-refractivity contribution is 5.83. The zero-order chi connectivity index (χ0) is 14.0. The first kappa shape index (κ1) is 14.5. The third kappa shape index (κ3) is 3.09. The van der Waals surface area contributed by atoms with Crippen LogP contribution in [0, 0.1) is 5.92 Å². The maximum absolute atomic E-state index is 12.1. The summed E-state index contributed by atoms with van der Waals surface area (Å²) in [5.41, 5.74) is -0.477. The van der Waals surface area contributed by atoms with Crippen LogP contribution in [0.5, 0.6) is 0 Å². The highest BCUT2D eigenvalue weighted by Crippen LogP contribution is 2.36. The standard InChI is InChI=1S/C17H29NO2/c19-16-9-6-7-14(16)15-8-2-5-12-18(15)13-17(20)10-3-1-4-11-17/h14-15,20H,1-13H2. The van der Waals surface area contributed by atoms with Gasteiger partial charge in [-0.2, -0.15) is 0 Å². The number of hydrogen-bond acceptors (Lipinski definition) is 3. The fraction of sp³-hybridized carbons (Fsp3) is 0.941. The summed E-state index contributed by atoms with van der Waals surface area (Å²) in [7, 11) is 0. The number of nitrogens with zero attached hydrogens (tertiary/aromatic N) is 1. The lowest BCUT2D eigenvalue weighted by molar-refractivity contribution is -0.124. The maximum Gasteiger partial charge on any atom is 0.137 e. The molecule has 2 atom stereocenters. The lowest BCUT2D eigenvalue weighted by Crippen LogP contribution is -2.53. The molecule has 1 heterocycles. The summed E-state index contributed by atoms with van der Waals surface area (Å²) in [6, 6.07) is 0.421. The van der Waals surface area contributed by atoms with Gasteiger partial charge in [-0.1, -0.05) is 25.7 Å². The van der Waals surface area contributed by atoms with Gasteiger partial charge < -0.3 is 5.11 Å².